The van der Waals surface area contributed by atoms with Gasteiger partial charge in [0, 0.05) is 29.3 Å². The van der Waals surface area contributed by atoms with Gasteiger partial charge in [0.1, 0.15) is 11.6 Å². The topological polar surface area (TPSA) is 115 Å². The molecule has 0 aliphatic heterocycles. The number of halogens is 1. The van der Waals surface area contributed by atoms with E-state index in [1.54, 1.807) is 36.6 Å². The molecule has 0 radical (unpaired) electrons. The molecule has 1 aromatic carbocycles. The minimum absolute atomic E-state index is 0.127. The number of hydrogen-bond acceptors (Lipinski definition) is 6. The van der Waals surface area contributed by atoms with Gasteiger partial charge in [0.2, 0.25) is 0 Å². The molecule has 7 nitrogen and oxygen atoms in total. The van der Waals surface area contributed by atoms with Crippen molar-refractivity contribution in [2.75, 3.05) is 11.9 Å². The van der Waals surface area contributed by atoms with Crippen molar-refractivity contribution in [2.24, 2.45) is 0 Å². The van der Waals surface area contributed by atoms with Gasteiger partial charge in [0.15, 0.2) is 0 Å². The van der Waals surface area contributed by atoms with Crippen molar-refractivity contribution in [3.05, 3.63) is 83.2 Å². The molecule has 2 aromatic heterocycles. The minimum atomic E-state index is -0.273. The molecule has 0 spiro atoms. The first-order valence-electron chi connectivity index (χ1n) is 9.11. The number of benzene rings is 1. The molecule has 0 atom stereocenters. The number of fused-ring (bicyclic) bond motifs is 1. The summed E-state index contributed by atoms with van der Waals surface area (Å²) in [5.74, 6) is 0.908. The molecule has 1 amide bonds. The van der Waals surface area contributed by atoms with E-state index >= 15 is 0 Å². The number of rotatable bonds is 5. The highest BCUT2D eigenvalue weighted by Crippen LogP contribution is 2.26. The summed E-state index contributed by atoms with van der Waals surface area (Å²) in [4.78, 5) is 21.0. The normalized spacial score (nSPS) is 13.3. The van der Waals surface area contributed by atoms with Crippen LogP contribution in [-0.2, 0) is 0 Å². The molecule has 0 bridgehead atoms. The molecule has 0 saturated heterocycles. The van der Waals surface area contributed by atoms with Crippen LogP contribution < -0.4 is 10.6 Å². The number of carbonyl (C=O) groups excluding carboxylic acids is 1. The van der Waals surface area contributed by atoms with Crippen LogP contribution in [0.25, 0.3) is 10.8 Å². The average molecular weight is 417 g/mol. The first-order chi connectivity index (χ1) is 14.5. The summed E-state index contributed by atoms with van der Waals surface area (Å²) in [6, 6.07) is 10.9. The van der Waals surface area contributed by atoms with E-state index < -0.39 is 0 Å². The monoisotopic (exact) mass is 416 g/mol. The first-order valence-corrected chi connectivity index (χ1v) is 9.49. The summed E-state index contributed by atoms with van der Waals surface area (Å²) >= 11 is 6.10. The van der Waals surface area contributed by atoms with Crippen LogP contribution in [0.2, 0.25) is 5.02 Å². The van der Waals surface area contributed by atoms with Gasteiger partial charge >= 0.3 is 0 Å². The SMILES string of the molecule is N=C1C=CC(CNC(=O)c2ccc(Nc3nccc4ccc(Cl)cc34)nc2)=CC1=N. The van der Waals surface area contributed by atoms with Crippen LogP contribution in [0.1, 0.15) is 10.4 Å². The molecular weight excluding hydrogens is 400 g/mol. The molecule has 2 heterocycles. The molecule has 8 heteroatoms. The zero-order chi connectivity index (χ0) is 21.1. The fourth-order valence-electron chi connectivity index (χ4n) is 2.95. The Balaban J connectivity index is 1.43. The van der Waals surface area contributed by atoms with Gasteiger partial charge in [-0.3, -0.25) is 15.6 Å². The molecule has 4 rings (SSSR count). The third kappa shape index (κ3) is 4.26. The number of amides is 1. The van der Waals surface area contributed by atoms with Crippen molar-refractivity contribution < 1.29 is 4.79 Å². The Morgan fingerprint density at radius 2 is 1.90 bits per heavy atom. The Morgan fingerprint density at radius 3 is 2.67 bits per heavy atom. The summed E-state index contributed by atoms with van der Waals surface area (Å²) in [7, 11) is 0. The second-order valence-corrected chi connectivity index (χ2v) is 7.08. The van der Waals surface area contributed by atoms with Crippen LogP contribution in [0.4, 0.5) is 11.6 Å². The Hall–Kier alpha value is -3.84. The van der Waals surface area contributed by atoms with Gasteiger partial charge in [-0.05, 0) is 53.4 Å². The van der Waals surface area contributed by atoms with E-state index in [2.05, 4.69) is 20.6 Å². The van der Waals surface area contributed by atoms with Crippen LogP contribution in [0.15, 0.2) is 72.6 Å². The van der Waals surface area contributed by atoms with Crippen LogP contribution in [0, 0.1) is 10.8 Å². The second kappa shape index (κ2) is 8.26. The van der Waals surface area contributed by atoms with Gasteiger partial charge in [-0.2, -0.15) is 0 Å². The number of nitrogens with zero attached hydrogens (tertiary/aromatic N) is 2. The number of pyridine rings is 2. The summed E-state index contributed by atoms with van der Waals surface area (Å²) in [5.41, 5.74) is 1.46. The van der Waals surface area contributed by atoms with Crippen LogP contribution in [0.5, 0.6) is 0 Å². The minimum Gasteiger partial charge on any atom is -0.348 e. The molecule has 0 fully saturated rings. The van der Waals surface area contributed by atoms with Gasteiger partial charge in [0.25, 0.3) is 5.91 Å². The van der Waals surface area contributed by atoms with Crippen LogP contribution in [0.3, 0.4) is 0 Å². The van der Waals surface area contributed by atoms with Crippen molar-refractivity contribution in [1.29, 1.82) is 10.8 Å². The van der Waals surface area contributed by atoms with Gasteiger partial charge in [-0.1, -0.05) is 23.7 Å². The number of aromatic nitrogens is 2. The van der Waals surface area contributed by atoms with E-state index in [9.17, 15) is 4.79 Å². The third-order valence-corrected chi connectivity index (χ3v) is 4.77. The summed E-state index contributed by atoms with van der Waals surface area (Å²) in [6.45, 7) is 0.270. The van der Waals surface area contributed by atoms with Gasteiger partial charge < -0.3 is 10.6 Å². The smallest absolute Gasteiger partial charge is 0.253 e. The maximum atomic E-state index is 12.4. The molecule has 1 aliphatic rings. The zero-order valence-corrected chi connectivity index (χ0v) is 16.5. The zero-order valence-electron chi connectivity index (χ0n) is 15.7. The quantitative estimate of drug-likeness (QED) is 0.464. The predicted molar refractivity (Wildman–Crippen MR) is 119 cm³/mol. The maximum Gasteiger partial charge on any atom is 0.253 e. The van der Waals surface area contributed by atoms with Crippen LogP contribution >= 0.6 is 11.6 Å². The highest BCUT2D eigenvalue weighted by atomic mass is 35.5. The third-order valence-electron chi connectivity index (χ3n) is 4.54. The van der Waals surface area contributed by atoms with Crippen molar-refractivity contribution in [2.45, 2.75) is 0 Å². The fourth-order valence-corrected chi connectivity index (χ4v) is 3.12. The average Bonchev–Trinajstić information content (AvgIpc) is 2.75. The standard InChI is InChI=1S/C22H17ClN6O/c23-16-4-2-14-7-8-26-21(17(14)10-16)29-20-6-3-15(12-27-20)22(30)28-11-13-1-5-18(24)19(25)9-13/h1-10,12,24-25H,11H2,(H,28,30)(H,26,27,29). The maximum absolute atomic E-state index is 12.4. The molecule has 3 aromatic rings. The van der Waals surface area contributed by atoms with E-state index in [4.69, 9.17) is 22.4 Å². The van der Waals surface area contributed by atoms with E-state index in [1.807, 2.05) is 24.3 Å². The molecule has 1 aliphatic carbocycles. The van der Waals surface area contributed by atoms with E-state index in [0.717, 1.165) is 16.3 Å². The molecule has 4 N–H and O–H groups in total. The van der Waals surface area contributed by atoms with E-state index in [1.165, 1.54) is 6.20 Å². The molecule has 0 saturated carbocycles. The molecule has 30 heavy (non-hydrogen) atoms. The lowest BCUT2D eigenvalue weighted by Gasteiger charge is -2.11. The van der Waals surface area contributed by atoms with Gasteiger partial charge in [-0.25, -0.2) is 9.97 Å². The lowest BCUT2D eigenvalue weighted by atomic mass is 10.0. The number of anilines is 2. The number of allylic oxidation sites excluding steroid dienone is 2. The van der Waals surface area contributed by atoms with E-state index in [-0.39, 0.29) is 23.9 Å². The highest BCUT2D eigenvalue weighted by Gasteiger charge is 2.10. The summed E-state index contributed by atoms with van der Waals surface area (Å²) < 4.78 is 0. The molecular formula is C22H17ClN6O. The number of carbonyl (C=O) groups is 1. The molecule has 148 valence electrons. The Bertz CT molecular complexity index is 1230. The number of hydrogen-bond donors (Lipinski definition) is 4. The number of nitrogens with one attached hydrogen (secondary N) is 4. The van der Waals surface area contributed by atoms with Crippen molar-refractivity contribution in [3.8, 4) is 0 Å². The van der Waals surface area contributed by atoms with Crippen molar-refractivity contribution >= 4 is 51.3 Å². The summed E-state index contributed by atoms with van der Waals surface area (Å²) in [6.07, 6.45) is 8.02. The van der Waals surface area contributed by atoms with Crippen LogP contribution in [-0.4, -0.2) is 33.8 Å². The largest absolute Gasteiger partial charge is 0.348 e. The Morgan fingerprint density at radius 1 is 1.03 bits per heavy atom. The van der Waals surface area contributed by atoms with Crippen molar-refractivity contribution in [3.63, 3.8) is 0 Å². The van der Waals surface area contributed by atoms with Crippen molar-refractivity contribution in [1.82, 2.24) is 15.3 Å². The van der Waals surface area contributed by atoms with Gasteiger partial charge in [-0.15, -0.1) is 0 Å². The first kappa shape index (κ1) is 19.5. The molecule has 0 unspecified atom stereocenters. The van der Waals surface area contributed by atoms with Gasteiger partial charge in [0.05, 0.1) is 17.0 Å². The predicted octanol–water partition coefficient (Wildman–Crippen LogP) is 4.29. The Kier molecular flexibility index (Phi) is 5.36. The fraction of sp³-hybridized carbons (Fsp3) is 0.0455. The second-order valence-electron chi connectivity index (χ2n) is 6.64. The highest BCUT2D eigenvalue weighted by molar-refractivity contribution is 6.49. The summed E-state index contributed by atoms with van der Waals surface area (Å²) in [5, 5.41) is 23.6. The Labute approximate surface area is 177 Å². The lowest BCUT2D eigenvalue weighted by molar-refractivity contribution is 0.0957. The van der Waals surface area contributed by atoms with E-state index in [0.29, 0.717) is 22.2 Å². The lowest BCUT2D eigenvalue weighted by Crippen LogP contribution is -2.26.